The maximum Gasteiger partial charge on any atom is 0.316 e. The second-order valence-corrected chi connectivity index (χ2v) is 15.5. The summed E-state index contributed by atoms with van der Waals surface area (Å²) in [6.45, 7) is 20.4. The van der Waals surface area contributed by atoms with Crippen LogP contribution in [0.25, 0.3) is 11.1 Å². The minimum absolute atomic E-state index is 0.00377. The minimum atomic E-state index is -1.09. The maximum atomic E-state index is 13.6. The Morgan fingerprint density at radius 1 is 0.422 bits per heavy atom. The summed E-state index contributed by atoms with van der Waals surface area (Å²) in [6, 6.07) is 11.6. The van der Waals surface area contributed by atoms with Crippen LogP contribution in [0, 0.1) is 15.6 Å². The van der Waals surface area contributed by atoms with E-state index in [1.165, 1.54) is 6.07 Å². The Morgan fingerprint density at radius 3 is 0.933 bits per heavy atom. The predicted molar refractivity (Wildman–Crippen MR) is 167 cm³/mol. The molecule has 12 nitrogen and oxygen atoms in total. The van der Waals surface area contributed by atoms with E-state index < -0.39 is 33.2 Å². The summed E-state index contributed by atoms with van der Waals surface area (Å²) in [4.78, 5) is 0. The molecule has 0 bridgehead atoms. The monoisotopic (exact) mass is 619 g/mol. The van der Waals surface area contributed by atoms with Crippen molar-refractivity contribution in [3.63, 3.8) is 0 Å². The Balaban J connectivity index is 1.71. The molecule has 241 valence electrons. The molecule has 2 aromatic carbocycles. The largest absolute Gasteiger partial charge is 0.714 e. The minimum Gasteiger partial charge on any atom is -0.714 e. The van der Waals surface area contributed by atoms with E-state index in [1.807, 2.05) is 0 Å². The Kier molecular flexibility index (Phi) is 6.75. The topological polar surface area (TPSA) is 148 Å². The van der Waals surface area contributed by atoms with Crippen molar-refractivity contribution in [3.05, 3.63) is 74.8 Å². The van der Waals surface area contributed by atoms with Crippen LogP contribution in [0.1, 0.15) is 99.8 Å². The zero-order chi connectivity index (χ0) is 34.0. The predicted octanol–water partition coefficient (Wildman–Crippen LogP) is 4.78. The molecule has 0 unspecified atom stereocenters. The fourth-order valence-electron chi connectivity index (χ4n) is 5.89. The van der Waals surface area contributed by atoms with E-state index >= 15 is 0 Å². The molecular weight excluding hydrogens is 576 g/mol. The lowest BCUT2D eigenvalue weighted by atomic mass is 9.84. The van der Waals surface area contributed by atoms with E-state index in [1.54, 1.807) is 119 Å². The molecule has 0 N–H and O–H groups in total. The second-order valence-electron chi connectivity index (χ2n) is 15.5. The van der Waals surface area contributed by atoms with Crippen LogP contribution >= 0.6 is 0 Å². The van der Waals surface area contributed by atoms with E-state index in [-0.39, 0.29) is 28.6 Å². The molecule has 3 aliphatic rings. The van der Waals surface area contributed by atoms with Crippen LogP contribution in [0.5, 0.6) is 0 Å². The first kappa shape index (κ1) is 32.5. The van der Waals surface area contributed by atoms with Gasteiger partial charge in [-0.15, -0.1) is 0 Å². The van der Waals surface area contributed by atoms with Gasteiger partial charge in [0.1, 0.15) is 16.6 Å². The Bertz CT molecular complexity index is 1610. The van der Waals surface area contributed by atoms with Crippen molar-refractivity contribution < 1.29 is 29.8 Å². The number of benzene rings is 2. The van der Waals surface area contributed by atoms with Gasteiger partial charge in [0.15, 0.2) is 16.6 Å². The van der Waals surface area contributed by atoms with Gasteiger partial charge in [0.05, 0.1) is 16.7 Å². The molecule has 3 aliphatic heterocycles. The molecule has 0 aromatic heterocycles. The van der Waals surface area contributed by atoms with Crippen molar-refractivity contribution in [1.82, 2.24) is 15.2 Å². The molecule has 0 spiro atoms. The van der Waals surface area contributed by atoms with E-state index in [4.69, 9.17) is 0 Å². The Morgan fingerprint density at radius 2 is 0.667 bits per heavy atom. The van der Waals surface area contributed by atoms with Gasteiger partial charge in [0.2, 0.25) is 0 Å². The summed E-state index contributed by atoms with van der Waals surface area (Å²) < 4.78 is 2.12. The number of hydrogen-bond acceptors (Lipinski definition) is 6. The first-order valence-electron chi connectivity index (χ1n) is 15.1. The Hall–Kier alpha value is -3.87. The summed E-state index contributed by atoms with van der Waals surface area (Å²) in [5.41, 5.74) is -4.24. The van der Waals surface area contributed by atoms with Crippen LogP contribution in [0.3, 0.4) is 0 Å². The zero-order valence-corrected chi connectivity index (χ0v) is 28.2. The molecule has 3 radical (unpaired) electrons. The van der Waals surface area contributed by atoms with Gasteiger partial charge in [-0.25, -0.2) is 0 Å². The third kappa shape index (κ3) is 3.98. The fraction of sp³-hybridized carbons (Fsp3) is 0.545. The van der Waals surface area contributed by atoms with Gasteiger partial charge < -0.3 is 15.6 Å². The molecule has 0 atom stereocenters. The molecule has 0 amide bonds. The van der Waals surface area contributed by atoms with Gasteiger partial charge >= 0.3 is 17.5 Å². The van der Waals surface area contributed by atoms with E-state index in [0.29, 0.717) is 36.3 Å². The fourth-order valence-corrected chi connectivity index (χ4v) is 5.89. The molecule has 2 aromatic rings. The SMILES string of the molecule is CC1(C)N([O])C(c2ccc(-c3cc(C4=[N+]([O-])C(C)(C)C(C)(C)N4[O])cc(C4=[N+]([O-])C(C)(C)C(C)(C)N4[O])c3)cc2)=[N+]([O-])C1(C)C. The zero-order valence-electron chi connectivity index (χ0n) is 28.2. The van der Waals surface area contributed by atoms with Crippen LogP contribution < -0.4 is 0 Å². The van der Waals surface area contributed by atoms with Crippen LogP contribution in [-0.2, 0) is 15.6 Å². The average Bonchev–Trinajstić information content (AvgIpc) is 3.22. The molecule has 45 heavy (non-hydrogen) atoms. The molecule has 0 saturated carbocycles. The van der Waals surface area contributed by atoms with Crippen molar-refractivity contribution in [3.8, 4) is 11.1 Å². The third-order valence-corrected chi connectivity index (χ3v) is 11.6. The first-order chi connectivity index (χ1) is 20.4. The highest BCUT2D eigenvalue weighted by atomic mass is 16.6. The molecule has 0 fully saturated rings. The molecule has 3 heterocycles. The summed E-state index contributed by atoms with van der Waals surface area (Å²) in [5.74, 6) is -0.269. The van der Waals surface area contributed by atoms with Crippen LogP contribution in [-0.4, -0.2) is 80.1 Å². The number of hydrogen-bond donors (Lipinski definition) is 0. The third-order valence-electron chi connectivity index (χ3n) is 11.6. The molecular formula is C33H43N6O6. The second kappa shape index (κ2) is 9.34. The first-order valence-corrected chi connectivity index (χ1v) is 15.1. The quantitative estimate of drug-likeness (QED) is 0.355. The van der Waals surface area contributed by atoms with Gasteiger partial charge in [-0.3, -0.25) is 14.2 Å². The lowest BCUT2D eigenvalue weighted by Gasteiger charge is -2.32. The highest BCUT2D eigenvalue weighted by molar-refractivity contribution is 6.03. The van der Waals surface area contributed by atoms with Crippen molar-refractivity contribution in [2.75, 3.05) is 0 Å². The standard InChI is InChI=1S/C33H43N6O6/c1-28(2)29(3,4)35(41)25(34(28)40)21-15-13-20(14-16-21)22-17-23(26-36(42)30(5,6)31(7,8)37(26)43)19-24(18-22)27-38(44)32(9,10)33(11,12)39(27)45/h13-19H,1-12H3. The number of amidine groups is 3. The van der Waals surface area contributed by atoms with Gasteiger partial charge in [-0.1, -0.05) is 27.3 Å². The molecule has 5 rings (SSSR count). The van der Waals surface area contributed by atoms with E-state index in [0.717, 1.165) is 9.80 Å². The van der Waals surface area contributed by atoms with Crippen molar-refractivity contribution in [2.24, 2.45) is 0 Å². The summed E-state index contributed by atoms with van der Waals surface area (Å²) in [7, 11) is 0. The highest BCUT2D eigenvalue weighted by Crippen LogP contribution is 2.41. The van der Waals surface area contributed by atoms with Crippen LogP contribution in [0.4, 0.5) is 0 Å². The normalized spacial score (nSPS) is 24.4. The van der Waals surface area contributed by atoms with Gasteiger partial charge in [-0.2, -0.15) is 0 Å². The van der Waals surface area contributed by atoms with E-state index in [2.05, 4.69) is 0 Å². The highest BCUT2D eigenvalue weighted by Gasteiger charge is 2.62. The van der Waals surface area contributed by atoms with Gasteiger partial charge in [0.25, 0.3) is 0 Å². The van der Waals surface area contributed by atoms with Crippen molar-refractivity contribution in [1.29, 1.82) is 0 Å². The van der Waals surface area contributed by atoms with E-state index in [9.17, 15) is 31.2 Å². The summed E-state index contributed by atoms with van der Waals surface area (Å²) in [6.07, 6.45) is 0. The van der Waals surface area contributed by atoms with Crippen molar-refractivity contribution >= 4 is 17.5 Å². The lowest BCUT2D eigenvalue weighted by Crippen LogP contribution is -2.53. The maximum absolute atomic E-state index is 13.6. The van der Waals surface area contributed by atoms with Crippen molar-refractivity contribution in [2.45, 2.75) is 116 Å². The number of rotatable bonds is 4. The average molecular weight is 620 g/mol. The number of hydroxylamine groups is 9. The number of nitrogens with zero attached hydrogens (tertiary/aromatic N) is 6. The van der Waals surface area contributed by atoms with Gasteiger partial charge in [0, 0.05) is 15.6 Å². The van der Waals surface area contributed by atoms with Crippen LogP contribution in [0.2, 0.25) is 0 Å². The lowest BCUT2D eigenvalue weighted by molar-refractivity contribution is -0.540. The van der Waals surface area contributed by atoms with Crippen LogP contribution in [0.15, 0.2) is 42.5 Å². The Labute approximate surface area is 264 Å². The summed E-state index contributed by atoms with van der Waals surface area (Å²) >= 11 is 0. The van der Waals surface area contributed by atoms with Gasteiger partial charge in [-0.05, 0) is 125 Å². The molecule has 0 saturated heterocycles. The molecule has 0 aliphatic carbocycles. The summed E-state index contributed by atoms with van der Waals surface area (Å²) in [5, 5.41) is 83.1. The molecule has 12 heteroatoms. The smallest absolute Gasteiger partial charge is 0.316 e.